The van der Waals surface area contributed by atoms with Crippen LogP contribution in [0, 0.1) is 0 Å². The lowest BCUT2D eigenvalue weighted by Gasteiger charge is -2.18. The van der Waals surface area contributed by atoms with Crippen LogP contribution in [-0.4, -0.2) is 37.2 Å². The highest BCUT2D eigenvalue weighted by Crippen LogP contribution is 2.16. The fourth-order valence-electron chi connectivity index (χ4n) is 9.23. The molecule has 0 aromatic carbocycles. The number of ether oxygens (including phenoxy) is 3. The molecular weight excluding hydrogens is 937 g/mol. The Morgan fingerprint density at radius 1 is 0.276 bits per heavy atom. The summed E-state index contributed by atoms with van der Waals surface area (Å²) in [7, 11) is 0. The Kier molecular flexibility index (Phi) is 61.2. The maximum atomic E-state index is 12.9. The standard InChI is InChI=1S/C70H122O6/c1-4-7-10-13-16-19-22-25-28-30-32-33-34-35-36-37-38-40-42-45-48-51-54-57-60-63-69(72)75-66-67(65-74-68(71)62-59-56-53-50-47-44-41-27-24-21-18-15-12-9-6-3)76-70(73)64-61-58-55-52-49-46-43-39-31-29-26-23-20-17-14-11-8-5-2/h7,10,16,19,25,27-29,31-33,35-36,41,67H,4-6,8-9,11-15,17-18,20-24,26,30,34,37-40,42-66H2,1-3H3/b10-7-,19-16-,28-25-,31-29-,33-32-,36-35-,41-27-. The Labute approximate surface area is 471 Å². The zero-order valence-electron chi connectivity index (χ0n) is 50.3. The van der Waals surface area contributed by atoms with E-state index < -0.39 is 6.10 Å². The maximum absolute atomic E-state index is 12.9. The molecule has 0 N–H and O–H groups in total. The van der Waals surface area contributed by atoms with Gasteiger partial charge in [0.2, 0.25) is 0 Å². The predicted octanol–water partition coefficient (Wildman–Crippen LogP) is 22.3. The van der Waals surface area contributed by atoms with Gasteiger partial charge in [0.1, 0.15) is 13.2 Å². The van der Waals surface area contributed by atoms with Crippen LogP contribution >= 0.6 is 0 Å². The van der Waals surface area contributed by atoms with E-state index in [9.17, 15) is 14.4 Å². The molecule has 0 bridgehead atoms. The Morgan fingerprint density at radius 2 is 0.513 bits per heavy atom. The first-order chi connectivity index (χ1) is 37.5. The summed E-state index contributed by atoms with van der Waals surface area (Å²) in [4.78, 5) is 38.3. The normalized spacial score (nSPS) is 12.6. The van der Waals surface area contributed by atoms with E-state index in [1.807, 2.05) is 0 Å². The van der Waals surface area contributed by atoms with Crippen LogP contribution in [0.5, 0.6) is 0 Å². The number of hydrogen-bond donors (Lipinski definition) is 0. The Morgan fingerprint density at radius 3 is 0.816 bits per heavy atom. The molecule has 6 heteroatoms. The van der Waals surface area contributed by atoms with Gasteiger partial charge < -0.3 is 14.2 Å². The number of hydrogen-bond acceptors (Lipinski definition) is 6. The highest BCUT2D eigenvalue weighted by Gasteiger charge is 2.19. The van der Waals surface area contributed by atoms with Gasteiger partial charge in [-0.1, -0.05) is 273 Å². The molecule has 1 unspecified atom stereocenters. The molecule has 0 heterocycles. The molecule has 76 heavy (non-hydrogen) atoms. The Hall–Kier alpha value is -3.41. The Balaban J connectivity index is 4.36. The molecule has 6 nitrogen and oxygen atoms in total. The first-order valence-electron chi connectivity index (χ1n) is 32.6. The number of rotatable bonds is 59. The van der Waals surface area contributed by atoms with E-state index in [2.05, 4.69) is 106 Å². The minimum absolute atomic E-state index is 0.0827. The first kappa shape index (κ1) is 72.6. The van der Waals surface area contributed by atoms with Gasteiger partial charge in [0, 0.05) is 19.3 Å². The summed E-state index contributed by atoms with van der Waals surface area (Å²) in [5, 5.41) is 0. The molecular formula is C70H122O6. The zero-order valence-corrected chi connectivity index (χ0v) is 50.3. The highest BCUT2D eigenvalue weighted by atomic mass is 16.6. The Bertz CT molecular complexity index is 1450. The molecule has 438 valence electrons. The van der Waals surface area contributed by atoms with Gasteiger partial charge in [-0.25, -0.2) is 0 Å². The van der Waals surface area contributed by atoms with E-state index in [1.165, 1.54) is 180 Å². The monoisotopic (exact) mass is 1060 g/mol. The molecule has 0 aromatic heterocycles. The van der Waals surface area contributed by atoms with E-state index in [0.29, 0.717) is 19.3 Å². The van der Waals surface area contributed by atoms with Crippen LogP contribution < -0.4 is 0 Å². The summed E-state index contributed by atoms with van der Waals surface area (Å²) in [6.07, 6.45) is 84.4. The average molecular weight is 1060 g/mol. The van der Waals surface area contributed by atoms with Crippen LogP contribution in [0.4, 0.5) is 0 Å². The summed E-state index contributed by atoms with van der Waals surface area (Å²) in [6, 6.07) is 0. The van der Waals surface area contributed by atoms with Crippen molar-refractivity contribution in [3.63, 3.8) is 0 Å². The smallest absolute Gasteiger partial charge is 0.306 e. The maximum Gasteiger partial charge on any atom is 0.306 e. The van der Waals surface area contributed by atoms with Gasteiger partial charge in [-0.2, -0.15) is 0 Å². The minimum Gasteiger partial charge on any atom is -0.462 e. The van der Waals surface area contributed by atoms with E-state index >= 15 is 0 Å². The summed E-state index contributed by atoms with van der Waals surface area (Å²) < 4.78 is 16.9. The zero-order chi connectivity index (χ0) is 55.0. The second-order valence-electron chi connectivity index (χ2n) is 21.6. The van der Waals surface area contributed by atoms with Crippen molar-refractivity contribution in [2.75, 3.05) is 13.2 Å². The fraction of sp³-hybridized carbons (Fsp3) is 0.757. The molecule has 0 fully saturated rings. The van der Waals surface area contributed by atoms with Crippen molar-refractivity contribution in [3.05, 3.63) is 85.1 Å². The second kappa shape index (κ2) is 64.1. The number of allylic oxidation sites excluding steroid dienone is 14. The molecule has 0 spiro atoms. The molecule has 0 aliphatic rings. The summed E-state index contributed by atoms with van der Waals surface area (Å²) in [6.45, 7) is 6.54. The number of unbranched alkanes of at least 4 members (excludes halogenated alkanes) is 34. The van der Waals surface area contributed by atoms with Gasteiger partial charge >= 0.3 is 17.9 Å². The second-order valence-corrected chi connectivity index (χ2v) is 21.6. The van der Waals surface area contributed by atoms with Crippen molar-refractivity contribution in [3.8, 4) is 0 Å². The summed E-state index contributed by atoms with van der Waals surface area (Å²) in [5.41, 5.74) is 0. The minimum atomic E-state index is -0.786. The quantitative estimate of drug-likeness (QED) is 0.0261. The van der Waals surface area contributed by atoms with Gasteiger partial charge in [0.15, 0.2) is 6.10 Å². The van der Waals surface area contributed by atoms with Crippen LogP contribution in [-0.2, 0) is 28.6 Å². The molecule has 0 amide bonds. The third-order valence-corrected chi connectivity index (χ3v) is 14.1. The molecule has 0 saturated heterocycles. The van der Waals surface area contributed by atoms with Crippen LogP contribution in [0.3, 0.4) is 0 Å². The third-order valence-electron chi connectivity index (χ3n) is 14.1. The lowest BCUT2D eigenvalue weighted by Crippen LogP contribution is -2.30. The fourth-order valence-corrected chi connectivity index (χ4v) is 9.23. The van der Waals surface area contributed by atoms with Gasteiger partial charge in [0.05, 0.1) is 0 Å². The molecule has 0 aromatic rings. The average Bonchev–Trinajstić information content (AvgIpc) is 3.42. The third kappa shape index (κ3) is 61.4. The van der Waals surface area contributed by atoms with Gasteiger partial charge in [-0.15, -0.1) is 0 Å². The SMILES string of the molecule is CC/C=C\C/C=C\C/C=C\C/C=C\C/C=C\CCCCCCCCCCCC(=O)OCC(COC(=O)CCCCCCC/C=C\CCCCCCCC)OC(=O)CCCCCCCCC/C=C\CCCCCCCCC. The van der Waals surface area contributed by atoms with Crippen LogP contribution in [0.25, 0.3) is 0 Å². The lowest BCUT2D eigenvalue weighted by molar-refractivity contribution is -0.167. The summed E-state index contributed by atoms with van der Waals surface area (Å²) >= 11 is 0. The highest BCUT2D eigenvalue weighted by molar-refractivity contribution is 5.71. The van der Waals surface area contributed by atoms with E-state index in [1.54, 1.807) is 0 Å². The summed E-state index contributed by atoms with van der Waals surface area (Å²) in [5.74, 6) is -0.887. The predicted molar refractivity (Wildman–Crippen MR) is 330 cm³/mol. The van der Waals surface area contributed by atoms with Crippen molar-refractivity contribution in [2.45, 2.75) is 329 Å². The van der Waals surface area contributed by atoms with E-state index in [0.717, 1.165) is 103 Å². The first-order valence-corrected chi connectivity index (χ1v) is 32.6. The topological polar surface area (TPSA) is 78.9 Å². The molecule has 0 radical (unpaired) electrons. The van der Waals surface area contributed by atoms with Crippen molar-refractivity contribution in [1.29, 1.82) is 0 Å². The van der Waals surface area contributed by atoms with Crippen molar-refractivity contribution >= 4 is 17.9 Å². The molecule has 0 aliphatic heterocycles. The van der Waals surface area contributed by atoms with Crippen molar-refractivity contribution in [1.82, 2.24) is 0 Å². The van der Waals surface area contributed by atoms with E-state index in [4.69, 9.17) is 14.2 Å². The van der Waals surface area contributed by atoms with Crippen molar-refractivity contribution in [2.24, 2.45) is 0 Å². The lowest BCUT2D eigenvalue weighted by atomic mass is 10.1. The van der Waals surface area contributed by atoms with Crippen LogP contribution in [0.1, 0.15) is 323 Å². The largest absolute Gasteiger partial charge is 0.462 e. The molecule has 1 atom stereocenters. The van der Waals surface area contributed by atoms with E-state index in [-0.39, 0.29) is 31.1 Å². The van der Waals surface area contributed by atoms with Crippen molar-refractivity contribution < 1.29 is 28.6 Å². The molecule has 0 rings (SSSR count). The molecule has 0 aliphatic carbocycles. The van der Waals surface area contributed by atoms with Gasteiger partial charge in [-0.3, -0.25) is 14.4 Å². The van der Waals surface area contributed by atoms with Crippen LogP contribution in [0.15, 0.2) is 85.1 Å². The van der Waals surface area contributed by atoms with Gasteiger partial charge in [0.25, 0.3) is 0 Å². The molecule has 0 saturated carbocycles. The number of carbonyl (C=O) groups excluding carboxylic acids is 3. The van der Waals surface area contributed by atoms with Crippen LogP contribution in [0.2, 0.25) is 0 Å². The number of carbonyl (C=O) groups is 3. The van der Waals surface area contributed by atoms with Gasteiger partial charge in [-0.05, 0) is 116 Å². The number of esters is 3.